The summed E-state index contributed by atoms with van der Waals surface area (Å²) in [6, 6.07) is 15.9. The average Bonchev–Trinajstić information content (AvgIpc) is 2.57. The molecule has 1 aliphatic heterocycles. The van der Waals surface area contributed by atoms with Gasteiger partial charge in [-0.05, 0) is 35.9 Å². The van der Waals surface area contributed by atoms with Crippen molar-refractivity contribution in [3.63, 3.8) is 0 Å². The van der Waals surface area contributed by atoms with Crippen LogP contribution in [0.2, 0.25) is 10.0 Å². The summed E-state index contributed by atoms with van der Waals surface area (Å²) in [7, 11) is 0. The molecule has 1 aliphatic rings. The molecular formula is C17H18Cl3NOS. The Kier molecular flexibility index (Phi) is 7.54. The number of rotatable bonds is 4. The predicted octanol–water partition coefficient (Wildman–Crippen LogP) is 5.24. The molecule has 0 bridgehead atoms. The fourth-order valence-electron chi connectivity index (χ4n) is 2.50. The van der Waals surface area contributed by atoms with E-state index in [1.807, 2.05) is 36.4 Å². The highest BCUT2D eigenvalue weighted by Crippen LogP contribution is 2.42. The first-order valence-electron chi connectivity index (χ1n) is 7.23. The van der Waals surface area contributed by atoms with Crippen molar-refractivity contribution in [1.82, 2.24) is 5.32 Å². The van der Waals surface area contributed by atoms with Gasteiger partial charge in [0, 0.05) is 28.0 Å². The summed E-state index contributed by atoms with van der Waals surface area (Å²) in [4.78, 5) is 1.19. The SMILES string of the molecule is Cl.Clc1ccc(Cl)c(C(Sc2ccccc2)[C@H]2CNCCO2)c1. The summed E-state index contributed by atoms with van der Waals surface area (Å²) >= 11 is 14.4. The molecule has 0 spiro atoms. The van der Waals surface area contributed by atoms with E-state index < -0.39 is 0 Å². The molecule has 2 atom stereocenters. The summed E-state index contributed by atoms with van der Waals surface area (Å²) in [6.07, 6.45) is 0.0647. The first kappa shape index (κ1) is 18.9. The normalized spacial score (nSPS) is 19.0. The van der Waals surface area contributed by atoms with Gasteiger partial charge in [0.1, 0.15) is 0 Å². The molecule has 1 fully saturated rings. The van der Waals surface area contributed by atoms with Crippen LogP contribution >= 0.6 is 47.4 Å². The van der Waals surface area contributed by atoms with Crippen LogP contribution in [0.1, 0.15) is 10.8 Å². The second kappa shape index (κ2) is 9.16. The molecule has 0 aliphatic carbocycles. The minimum atomic E-state index is 0. The quantitative estimate of drug-likeness (QED) is 0.722. The number of hydrogen-bond acceptors (Lipinski definition) is 3. The van der Waals surface area contributed by atoms with Crippen LogP contribution in [0.25, 0.3) is 0 Å². The van der Waals surface area contributed by atoms with Gasteiger partial charge < -0.3 is 10.1 Å². The van der Waals surface area contributed by atoms with Crippen molar-refractivity contribution < 1.29 is 4.74 Å². The van der Waals surface area contributed by atoms with Crippen LogP contribution < -0.4 is 5.32 Å². The maximum Gasteiger partial charge on any atom is 0.0863 e. The molecule has 2 aromatic rings. The van der Waals surface area contributed by atoms with Crippen molar-refractivity contribution >= 4 is 47.4 Å². The van der Waals surface area contributed by atoms with E-state index in [0.29, 0.717) is 11.6 Å². The Labute approximate surface area is 157 Å². The van der Waals surface area contributed by atoms with Crippen molar-refractivity contribution in [1.29, 1.82) is 0 Å². The average molecular weight is 391 g/mol. The zero-order valence-electron chi connectivity index (χ0n) is 12.4. The van der Waals surface area contributed by atoms with E-state index in [9.17, 15) is 0 Å². The molecule has 1 heterocycles. The van der Waals surface area contributed by atoms with Gasteiger partial charge >= 0.3 is 0 Å². The lowest BCUT2D eigenvalue weighted by atomic mass is 10.1. The van der Waals surface area contributed by atoms with Gasteiger partial charge in [-0.15, -0.1) is 24.2 Å². The Bertz CT molecular complexity index is 620. The summed E-state index contributed by atoms with van der Waals surface area (Å²) in [6.45, 7) is 2.42. The molecule has 1 unspecified atom stereocenters. The third kappa shape index (κ3) is 5.02. The maximum atomic E-state index is 6.43. The lowest BCUT2D eigenvalue weighted by Crippen LogP contribution is -2.41. The van der Waals surface area contributed by atoms with E-state index in [4.69, 9.17) is 27.9 Å². The monoisotopic (exact) mass is 389 g/mol. The predicted molar refractivity (Wildman–Crippen MR) is 101 cm³/mol. The minimum absolute atomic E-state index is 0. The van der Waals surface area contributed by atoms with Gasteiger partial charge in [-0.3, -0.25) is 0 Å². The number of thioether (sulfide) groups is 1. The molecule has 124 valence electrons. The summed E-state index contributed by atoms with van der Waals surface area (Å²) in [5, 5.41) is 4.91. The molecule has 2 nitrogen and oxygen atoms in total. The third-order valence-corrected chi connectivity index (χ3v) is 5.50. The first-order valence-corrected chi connectivity index (χ1v) is 8.86. The van der Waals surface area contributed by atoms with Crippen LogP contribution in [0.4, 0.5) is 0 Å². The molecule has 0 radical (unpaired) electrons. The first-order chi connectivity index (χ1) is 10.7. The highest BCUT2D eigenvalue weighted by atomic mass is 35.5. The minimum Gasteiger partial charge on any atom is -0.374 e. The van der Waals surface area contributed by atoms with Gasteiger partial charge in [-0.2, -0.15) is 0 Å². The van der Waals surface area contributed by atoms with Gasteiger partial charge in [0.15, 0.2) is 0 Å². The fraction of sp³-hybridized carbons (Fsp3) is 0.294. The van der Waals surface area contributed by atoms with E-state index >= 15 is 0 Å². The molecule has 1 saturated heterocycles. The Balaban J connectivity index is 0.00000192. The van der Waals surface area contributed by atoms with Gasteiger partial charge in [0.25, 0.3) is 0 Å². The fourth-order valence-corrected chi connectivity index (χ4v) is 4.23. The highest BCUT2D eigenvalue weighted by molar-refractivity contribution is 7.99. The van der Waals surface area contributed by atoms with Crippen LogP contribution in [0.3, 0.4) is 0 Å². The molecular weight excluding hydrogens is 373 g/mol. The second-order valence-electron chi connectivity index (χ2n) is 5.13. The van der Waals surface area contributed by atoms with Crippen LogP contribution in [0.15, 0.2) is 53.4 Å². The zero-order chi connectivity index (χ0) is 15.4. The standard InChI is InChI=1S/C17H17Cl2NOS.ClH/c18-12-6-7-15(19)14(10-12)17(16-11-20-8-9-21-16)22-13-4-2-1-3-5-13;/h1-7,10,16-17,20H,8-9,11H2;1H/t16-,17?;/m1./s1. The Morgan fingerprint density at radius 3 is 2.61 bits per heavy atom. The van der Waals surface area contributed by atoms with Crippen molar-refractivity contribution in [2.45, 2.75) is 16.2 Å². The second-order valence-corrected chi connectivity index (χ2v) is 7.19. The van der Waals surface area contributed by atoms with Crippen molar-refractivity contribution in [3.05, 3.63) is 64.1 Å². The van der Waals surface area contributed by atoms with Crippen molar-refractivity contribution in [3.8, 4) is 0 Å². The summed E-state index contributed by atoms with van der Waals surface area (Å²) < 4.78 is 5.98. The number of benzene rings is 2. The smallest absolute Gasteiger partial charge is 0.0863 e. The van der Waals surface area contributed by atoms with Crippen molar-refractivity contribution in [2.24, 2.45) is 0 Å². The number of hydrogen-bond donors (Lipinski definition) is 1. The Hall–Kier alpha value is -0.420. The van der Waals surface area contributed by atoms with E-state index in [1.165, 1.54) is 4.90 Å². The topological polar surface area (TPSA) is 21.3 Å². The largest absolute Gasteiger partial charge is 0.374 e. The van der Waals surface area contributed by atoms with Gasteiger partial charge in [0.05, 0.1) is 18.0 Å². The van der Waals surface area contributed by atoms with Crippen LogP contribution in [-0.4, -0.2) is 25.8 Å². The highest BCUT2D eigenvalue weighted by Gasteiger charge is 2.28. The lowest BCUT2D eigenvalue weighted by molar-refractivity contribution is 0.0273. The van der Waals surface area contributed by atoms with Crippen LogP contribution in [-0.2, 0) is 4.74 Å². The number of ether oxygens (including phenoxy) is 1. The molecule has 23 heavy (non-hydrogen) atoms. The molecule has 1 N–H and O–H groups in total. The van der Waals surface area contributed by atoms with Gasteiger partial charge in [0.2, 0.25) is 0 Å². The van der Waals surface area contributed by atoms with Crippen LogP contribution in [0.5, 0.6) is 0 Å². The van der Waals surface area contributed by atoms with Crippen LogP contribution in [0, 0.1) is 0 Å². The zero-order valence-corrected chi connectivity index (χ0v) is 15.5. The molecule has 2 aromatic carbocycles. The Morgan fingerprint density at radius 1 is 1.13 bits per heavy atom. The van der Waals surface area contributed by atoms with E-state index in [2.05, 4.69) is 17.4 Å². The third-order valence-electron chi connectivity index (χ3n) is 3.56. The summed E-state index contributed by atoms with van der Waals surface area (Å²) in [5.74, 6) is 0. The lowest BCUT2D eigenvalue weighted by Gasteiger charge is -2.31. The number of halogens is 3. The molecule has 0 aromatic heterocycles. The molecule has 3 rings (SSSR count). The van der Waals surface area contributed by atoms with E-state index in [0.717, 1.165) is 23.7 Å². The summed E-state index contributed by atoms with van der Waals surface area (Å²) in [5.41, 5.74) is 1.02. The van der Waals surface area contributed by atoms with Gasteiger partial charge in [-0.1, -0.05) is 41.4 Å². The molecule has 6 heteroatoms. The molecule has 0 amide bonds. The Morgan fingerprint density at radius 2 is 1.91 bits per heavy atom. The molecule has 0 saturated carbocycles. The van der Waals surface area contributed by atoms with Crippen molar-refractivity contribution in [2.75, 3.05) is 19.7 Å². The van der Waals surface area contributed by atoms with E-state index in [-0.39, 0.29) is 23.8 Å². The van der Waals surface area contributed by atoms with E-state index in [1.54, 1.807) is 11.8 Å². The number of nitrogens with one attached hydrogen (secondary N) is 1. The maximum absolute atomic E-state index is 6.43. The number of morpholine rings is 1. The van der Waals surface area contributed by atoms with Gasteiger partial charge in [-0.25, -0.2) is 0 Å².